The Kier molecular flexibility index (Phi) is 1.89. The van der Waals surface area contributed by atoms with Crippen LogP contribution < -0.4 is 5.73 Å². The molecule has 0 radical (unpaired) electrons. The Hall–Kier alpha value is -0.130. The fraction of sp³-hybridized carbons (Fsp3) is 1.00. The second-order valence-corrected chi connectivity index (χ2v) is 5.73. The highest BCUT2D eigenvalue weighted by Gasteiger charge is 2.43. The molecule has 2 fully saturated rings. The third-order valence-corrected chi connectivity index (χ3v) is 4.94. The van der Waals surface area contributed by atoms with E-state index >= 15 is 0 Å². The molecule has 1 heterocycles. The predicted octanol–water partition coefficient (Wildman–Crippen LogP) is -0.141. The van der Waals surface area contributed by atoms with Gasteiger partial charge in [-0.1, -0.05) is 0 Å². The maximum atomic E-state index is 11.7. The Morgan fingerprint density at radius 1 is 1.25 bits per heavy atom. The van der Waals surface area contributed by atoms with Crippen molar-refractivity contribution in [3.8, 4) is 0 Å². The zero-order chi connectivity index (χ0) is 8.77. The van der Waals surface area contributed by atoms with E-state index < -0.39 is 10.0 Å². The van der Waals surface area contributed by atoms with Gasteiger partial charge in [0.25, 0.3) is 0 Å². The molecule has 0 aromatic rings. The molecule has 0 spiro atoms. The van der Waals surface area contributed by atoms with Gasteiger partial charge in [-0.3, -0.25) is 0 Å². The van der Waals surface area contributed by atoms with Gasteiger partial charge in [-0.15, -0.1) is 0 Å². The molecule has 1 unspecified atom stereocenters. The summed E-state index contributed by atoms with van der Waals surface area (Å²) in [5.74, 6) is 0. The summed E-state index contributed by atoms with van der Waals surface area (Å²) in [6.45, 7) is 0.625. The van der Waals surface area contributed by atoms with Crippen LogP contribution >= 0.6 is 0 Å². The summed E-state index contributed by atoms with van der Waals surface area (Å²) in [6, 6.07) is 0. The van der Waals surface area contributed by atoms with Crippen LogP contribution in [0.1, 0.15) is 25.7 Å². The molecular formula is C7H14N2O2S. The number of rotatable bonds is 2. The van der Waals surface area contributed by atoms with Gasteiger partial charge >= 0.3 is 0 Å². The van der Waals surface area contributed by atoms with Gasteiger partial charge in [0.15, 0.2) is 0 Å². The zero-order valence-corrected chi connectivity index (χ0v) is 7.76. The van der Waals surface area contributed by atoms with Gasteiger partial charge in [-0.25, -0.2) is 8.42 Å². The molecule has 0 aromatic heterocycles. The Labute approximate surface area is 72.8 Å². The molecule has 1 atom stereocenters. The quantitative estimate of drug-likeness (QED) is 0.659. The SMILES string of the molecule is NC1CCCN1S(=O)(=O)C1CC1. The van der Waals surface area contributed by atoms with E-state index in [-0.39, 0.29) is 11.4 Å². The van der Waals surface area contributed by atoms with E-state index in [2.05, 4.69) is 0 Å². The van der Waals surface area contributed by atoms with Crippen molar-refractivity contribution in [2.75, 3.05) is 6.54 Å². The van der Waals surface area contributed by atoms with Crippen molar-refractivity contribution in [3.05, 3.63) is 0 Å². The largest absolute Gasteiger partial charge is 0.315 e. The van der Waals surface area contributed by atoms with Crippen molar-refractivity contribution in [1.82, 2.24) is 4.31 Å². The van der Waals surface area contributed by atoms with Gasteiger partial charge in [0.2, 0.25) is 10.0 Å². The maximum Gasteiger partial charge on any atom is 0.218 e. The van der Waals surface area contributed by atoms with Crippen LogP contribution in [0.15, 0.2) is 0 Å². The Bertz CT molecular complexity index is 271. The monoisotopic (exact) mass is 190 g/mol. The first kappa shape index (κ1) is 8.47. The predicted molar refractivity (Wildman–Crippen MR) is 45.9 cm³/mol. The molecule has 2 N–H and O–H groups in total. The average Bonchev–Trinajstić information content (AvgIpc) is 2.75. The molecule has 4 nitrogen and oxygen atoms in total. The highest BCUT2D eigenvalue weighted by atomic mass is 32.2. The van der Waals surface area contributed by atoms with E-state index in [0.717, 1.165) is 25.7 Å². The van der Waals surface area contributed by atoms with Crippen LogP contribution in [0.2, 0.25) is 0 Å². The van der Waals surface area contributed by atoms with E-state index in [1.807, 2.05) is 0 Å². The number of hydrogen-bond acceptors (Lipinski definition) is 3. The average molecular weight is 190 g/mol. The van der Waals surface area contributed by atoms with Crippen LogP contribution in [0.25, 0.3) is 0 Å². The molecule has 1 saturated carbocycles. The summed E-state index contributed by atoms with van der Waals surface area (Å²) in [6.07, 6.45) is 3.12. The minimum Gasteiger partial charge on any atom is -0.315 e. The van der Waals surface area contributed by atoms with Gasteiger partial charge < -0.3 is 5.73 Å². The molecular weight excluding hydrogens is 176 g/mol. The van der Waals surface area contributed by atoms with Crippen LogP contribution in [0, 0.1) is 0 Å². The number of nitrogens with zero attached hydrogens (tertiary/aromatic N) is 1. The van der Waals surface area contributed by atoms with Crippen LogP contribution in [0.5, 0.6) is 0 Å². The zero-order valence-electron chi connectivity index (χ0n) is 6.94. The van der Waals surface area contributed by atoms with E-state index in [1.54, 1.807) is 0 Å². The highest BCUT2D eigenvalue weighted by Crippen LogP contribution is 2.33. The standard InChI is InChI=1S/C7H14N2O2S/c8-7-2-1-5-9(7)12(10,11)6-3-4-6/h6-7H,1-5,8H2. The van der Waals surface area contributed by atoms with Gasteiger partial charge in [-0.05, 0) is 25.7 Å². The van der Waals surface area contributed by atoms with Gasteiger partial charge in [-0.2, -0.15) is 4.31 Å². The van der Waals surface area contributed by atoms with Crippen LogP contribution in [-0.4, -0.2) is 30.7 Å². The summed E-state index contributed by atoms with van der Waals surface area (Å²) in [7, 11) is -3.01. The second-order valence-electron chi connectivity index (χ2n) is 3.56. The third-order valence-electron chi connectivity index (χ3n) is 2.52. The fourth-order valence-electron chi connectivity index (χ4n) is 1.64. The third kappa shape index (κ3) is 1.26. The molecule has 0 bridgehead atoms. The lowest BCUT2D eigenvalue weighted by Crippen LogP contribution is -2.42. The van der Waals surface area contributed by atoms with E-state index in [1.165, 1.54) is 4.31 Å². The van der Waals surface area contributed by atoms with Gasteiger partial charge in [0, 0.05) is 6.54 Å². The fourth-order valence-corrected chi connectivity index (χ4v) is 3.62. The minimum absolute atomic E-state index is 0.110. The van der Waals surface area contributed by atoms with Crippen LogP contribution in [-0.2, 0) is 10.0 Å². The van der Waals surface area contributed by atoms with Gasteiger partial charge in [0.05, 0.1) is 11.4 Å². The first-order chi connectivity index (χ1) is 5.62. The van der Waals surface area contributed by atoms with Crippen molar-refractivity contribution < 1.29 is 8.42 Å². The lowest BCUT2D eigenvalue weighted by molar-refractivity contribution is 0.395. The van der Waals surface area contributed by atoms with Crippen molar-refractivity contribution in [2.45, 2.75) is 37.1 Å². The summed E-state index contributed by atoms with van der Waals surface area (Å²) in [5.41, 5.74) is 5.68. The molecule has 5 heteroatoms. The molecule has 2 rings (SSSR count). The molecule has 12 heavy (non-hydrogen) atoms. The van der Waals surface area contributed by atoms with Crippen LogP contribution in [0.4, 0.5) is 0 Å². The normalized spacial score (nSPS) is 32.6. The second kappa shape index (κ2) is 2.68. The Morgan fingerprint density at radius 2 is 1.92 bits per heavy atom. The molecule has 0 amide bonds. The molecule has 1 aliphatic heterocycles. The molecule has 2 aliphatic rings. The molecule has 0 aromatic carbocycles. The number of hydrogen-bond donors (Lipinski definition) is 1. The number of sulfonamides is 1. The van der Waals surface area contributed by atoms with Crippen molar-refractivity contribution in [1.29, 1.82) is 0 Å². The van der Waals surface area contributed by atoms with E-state index in [0.29, 0.717) is 6.54 Å². The van der Waals surface area contributed by atoms with Crippen LogP contribution in [0.3, 0.4) is 0 Å². The highest BCUT2D eigenvalue weighted by molar-refractivity contribution is 7.90. The number of nitrogens with two attached hydrogens (primary N) is 1. The molecule has 70 valence electrons. The lowest BCUT2D eigenvalue weighted by Gasteiger charge is -2.20. The van der Waals surface area contributed by atoms with Crippen molar-refractivity contribution in [2.24, 2.45) is 5.73 Å². The summed E-state index contributed by atoms with van der Waals surface area (Å²) < 4.78 is 24.8. The topological polar surface area (TPSA) is 63.4 Å². The Morgan fingerprint density at radius 3 is 2.33 bits per heavy atom. The van der Waals surface area contributed by atoms with E-state index in [9.17, 15) is 8.42 Å². The summed E-state index contributed by atoms with van der Waals surface area (Å²) in [5, 5.41) is -0.110. The van der Waals surface area contributed by atoms with E-state index in [4.69, 9.17) is 5.73 Å². The first-order valence-electron chi connectivity index (χ1n) is 4.38. The lowest BCUT2D eigenvalue weighted by atomic mass is 10.3. The van der Waals surface area contributed by atoms with Gasteiger partial charge in [0.1, 0.15) is 0 Å². The van der Waals surface area contributed by atoms with Crippen molar-refractivity contribution >= 4 is 10.0 Å². The Balaban J connectivity index is 2.16. The first-order valence-corrected chi connectivity index (χ1v) is 5.89. The summed E-state index contributed by atoms with van der Waals surface area (Å²) >= 11 is 0. The van der Waals surface area contributed by atoms with Crippen molar-refractivity contribution in [3.63, 3.8) is 0 Å². The smallest absolute Gasteiger partial charge is 0.218 e. The molecule has 1 saturated heterocycles. The molecule has 1 aliphatic carbocycles. The summed E-state index contributed by atoms with van der Waals surface area (Å²) in [4.78, 5) is 0. The maximum absolute atomic E-state index is 11.7. The minimum atomic E-state index is -3.01.